The highest BCUT2D eigenvalue weighted by Gasteiger charge is 2.26. The molecule has 0 radical (unpaired) electrons. The summed E-state index contributed by atoms with van der Waals surface area (Å²) >= 11 is 5.97. The molecule has 20 heavy (non-hydrogen) atoms. The van der Waals surface area contributed by atoms with Gasteiger partial charge in [-0.05, 0) is 42.8 Å². The molecule has 0 bridgehead atoms. The van der Waals surface area contributed by atoms with Crippen molar-refractivity contribution < 1.29 is 14.2 Å². The van der Waals surface area contributed by atoms with E-state index in [1.807, 2.05) is 0 Å². The fourth-order valence-corrected chi connectivity index (χ4v) is 2.24. The summed E-state index contributed by atoms with van der Waals surface area (Å²) in [5, 5.41) is 11.1. The van der Waals surface area contributed by atoms with E-state index in [0.29, 0.717) is 16.5 Å². The maximum absolute atomic E-state index is 12.9. The molecule has 2 aromatic rings. The second-order valence-corrected chi connectivity index (χ2v) is 5.20. The number of halogens is 2. The van der Waals surface area contributed by atoms with E-state index in [2.05, 4.69) is 4.98 Å². The van der Waals surface area contributed by atoms with Gasteiger partial charge in [0.15, 0.2) is 0 Å². The zero-order valence-corrected chi connectivity index (χ0v) is 12.0. The minimum Gasteiger partial charge on any atom is -0.496 e. The number of methoxy groups -OCH3 is 1. The lowest BCUT2D eigenvalue weighted by Gasteiger charge is -2.24. The highest BCUT2D eigenvalue weighted by molar-refractivity contribution is 6.30. The van der Waals surface area contributed by atoms with Crippen LogP contribution in [0.5, 0.6) is 5.75 Å². The SMILES string of the molecule is COc1ccc(Cl)cc1CC(C)(O)c1ccc(F)cn1. The van der Waals surface area contributed by atoms with E-state index in [0.717, 1.165) is 11.8 Å². The summed E-state index contributed by atoms with van der Waals surface area (Å²) < 4.78 is 18.1. The molecular formula is C15H15ClFNO2. The zero-order valence-electron chi connectivity index (χ0n) is 11.2. The van der Waals surface area contributed by atoms with E-state index < -0.39 is 11.4 Å². The molecule has 106 valence electrons. The molecule has 5 heteroatoms. The topological polar surface area (TPSA) is 42.4 Å². The lowest BCUT2D eigenvalue weighted by Crippen LogP contribution is -2.26. The number of rotatable bonds is 4. The van der Waals surface area contributed by atoms with E-state index in [1.54, 1.807) is 32.2 Å². The monoisotopic (exact) mass is 295 g/mol. The molecule has 0 spiro atoms. The van der Waals surface area contributed by atoms with Gasteiger partial charge in [0.1, 0.15) is 17.2 Å². The molecule has 0 fully saturated rings. The lowest BCUT2D eigenvalue weighted by molar-refractivity contribution is 0.0523. The summed E-state index contributed by atoms with van der Waals surface area (Å²) in [6.07, 6.45) is 1.34. The van der Waals surface area contributed by atoms with E-state index in [9.17, 15) is 9.50 Å². The second-order valence-electron chi connectivity index (χ2n) is 4.77. The fraction of sp³-hybridized carbons (Fsp3) is 0.267. The van der Waals surface area contributed by atoms with E-state index in [4.69, 9.17) is 16.3 Å². The zero-order chi connectivity index (χ0) is 14.8. The first-order valence-corrected chi connectivity index (χ1v) is 6.47. The Morgan fingerprint density at radius 3 is 2.70 bits per heavy atom. The van der Waals surface area contributed by atoms with Gasteiger partial charge in [-0.3, -0.25) is 4.98 Å². The summed E-state index contributed by atoms with van der Waals surface area (Å²) in [7, 11) is 1.55. The molecule has 0 aliphatic heterocycles. The van der Waals surface area contributed by atoms with Gasteiger partial charge in [0.05, 0.1) is 19.0 Å². The minimum atomic E-state index is -1.24. The molecule has 0 saturated heterocycles. The second kappa shape index (κ2) is 5.77. The van der Waals surface area contributed by atoms with Gasteiger partial charge in [-0.15, -0.1) is 0 Å². The maximum Gasteiger partial charge on any atom is 0.141 e. The highest BCUT2D eigenvalue weighted by Crippen LogP contribution is 2.30. The molecule has 1 N–H and O–H groups in total. The van der Waals surface area contributed by atoms with Gasteiger partial charge < -0.3 is 9.84 Å². The van der Waals surface area contributed by atoms with Crippen molar-refractivity contribution in [2.75, 3.05) is 7.11 Å². The van der Waals surface area contributed by atoms with Crippen LogP contribution in [0.25, 0.3) is 0 Å². The van der Waals surface area contributed by atoms with Crippen LogP contribution in [0.3, 0.4) is 0 Å². The first kappa shape index (κ1) is 14.8. The van der Waals surface area contributed by atoms with E-state index in [1.165, 1.54) is 12.1 Å². The predicted octanol–water partition coefficient (Wildman–Crippen LogP) is 3.33. The van der Waals surface area contributed by atoms with Crippen LogP contribution in [0.1, 0.15) is 18.2 Å². The largest absolute Gasteiger partial charge is 0.496 e. The van der Waals surface area contributed by atoms with E-state index >= 15 is 0 Å². The quantitative estimate of drug-likeness (QED) is 0.941. The summed E-state index contributed by atoms with van der Waals surface area (Å²) in [6, 6.07) is 7.93. The smallest absolute Gasteiger partial charge is 0.141 e. The maximum atomic E-state index is 12.9. The molecule has 3 nitrogen and oxygen atoms in total. The van der Waals surface area contributed by atoms with Crippen LogP contribution in [0.2, 0.25) is 5.02 Å². The number of pyridine rings is 1. The van der Waals surface area contributed by atoms with Gasteiger partial charge in [-0.2, -0.15) is 0 Å². The standard InChI is InChI=1S/C15H15ClFNO2/c1-15(19,14-6-4-12(17)9-18-14)8-10-7-11(16)3-5-13(10)20-2/h3-7,9,19H,8H2,1-2H3. The van der Waals surface area contributed by atoms with Crippen LogP contribution in [0.15, 0.2) is 36.5 Å². The van der Waals surface area contributed by atoms with Crippen molar-refractivity contribution >= 4 is 11.6 Å². The Hall–Kier alpha value is -1.65. The van der Waals surface area contributed by atoms with Crippen molar-refractivity contribution in [3.05, 3.63) is 58.6 Å². The number of benzene rings is 1. The summed E-state index contributed by atoms with van der Waals surface area (Å²) in [4.78, 5) is 3.93. The van der Waals surface area contributed by atoms with Gasteiger partial charge in [-0.25, -0.2) is 4.39 Å². The van der Waals surface area contributed by atoms with Crippen LogP contribution >= 0.6 is 11.6 Å². The number of aromatic nitrogens is 1. The Morgan fingerprint density at radius 2 is 2.10 bits per heavy atom. The molecule has 1 heterocycles. The van der Waals surface area contributed by atoms with Gasteiger partial charge in [-0.1, -0.05) is 11.6 Å². The predicted molar refractivity (Wildman–Crippen MR) is 75.5 cm³/mol. The van der Waals surface area contributed by atoms with Crippen LogP contribution in [0, 0.1) is 5.82 Å². The van der Waals surface area contributed by atoms with Crippen molar-refractivity contribution in [3.63, 3.8) is 0 Å². The number of aliphatic hydroxyl groups is 1. The molecule has 1 unspecified atom stereocenters. The molecule has 0 amide bonds. The molecule has 1 aromatic carbocycles. The summed E-state index contributed by atoms with van der Waals surface area (Å²) in [5.74, 6) is 0.196. The minimum absolute atomic E-state index is 0.259. The Morgan fingerprint density at radius 1 is 1.35 bits per heavy atom. The van der Waals surface area contributed by atoms with Crippen molar-refractivity contribution in [3.8, 4) is 5.75 Å². The fourth-order valence-electron chi connectivity index (χ4n) is 2.04. The third-order valence-electron chi connectivity index (χ3n) is 3.06. The summed E-state index contributed by atoms with van der Waals surface area (Å²) in [5.41, 5.74) is -0.0943. The number of ether oxygens (including phenoxy) is 1. The van der Waals surface area contributed by atoms with Crippen molar-refractivity contribution in [2.24, 2.45) is 0 Å². The third kappa shape index (κ3) is 3.26. The van der Waals surface area contributed by atoms with Gasteiger partial charge in [0.25, 0.3) is 0 Å². The number of hydrogen-bond acceptors (Lipinski definition) is 3. The number of hydrogen-bond donors (Lipinski definition) is 1. The first-order valence-electron chi connectivity index (χ1n) is 6.09. The van der Waals surface area contributed by atoms with Crippen molar-refractivity contribution in [1.29, 1.82) is 0 Å². The molecular weight excluding hydrogens is 281 g/mol. The van der Waals surface area contributed by atoms with Crippen LogP contribution in [0.4, 0.5) is 4.39 Å². The Labute approximate surface area is 122 Å². The average molecular weight is 296 g/mol. The average Bonchev–Trinajstić information content (AvgIpc) is 2.39. The van der Waals surface area contributed by atoms with Crippen molar-refractivity contribution in [2.45, 2.75) is 18.9 Å². The van der Waals surface area contributed by atoms with Gasteiger partial charge in [0, 0.05) is 11.4 Å². The Balaban J connectivity index is 2.32. The Bertz CT molecular complexity index is 599. The van der Waals surface area contributed by atoms with Crippen LogP contribution in [-0.2, 0) is 12.0 Å². The lowest BCUT2D eigenvalue weighted by atomic mass is 9.92. The van der Waals surface area contributed by atoms with Gasteiger partial charge in [0.2, 0.25) is 0 Å². The first-order chi connectivity index (χ1) is 9.42. The molecule has 1 atom stereocenters. The van der Waals surface area contributed by atoms with Crippen molar-refractivity contribution in [1.82, 2.24) is 4.98 Å². The van der Waals surface area contributed by atoms with Crippen LogP contribution in [-0.4, -0.2) is 17.2 Å². The van der Waals surface area contributed by atoms with Gasteiger partial charge >= 0.3 is 0 Å². The third-order valence-corrected chi connectivity index (χ3v) is 3.29. The van der Waals surface area contributed by atoms with E-state index in [-0.39, 0.29) is 6.42 Å². The Kier molecular flexibility index (Phi) is 4.26. The normalized spacial score (nSPS) is 13.8. The molecule has 0 aliphatic rings. The molecule has 2 rings (SSSR count). The van der Waals surface area contributed by atoms with Crippen LogP contribution < -0.4 is 4.74 Å². The molecule has 0 aliphatic carbocycles. The highest BCUT2D eigenvalue weighted by atomic mass is 35.5. The summed E-state index contributed by atoms with van der Waals surface area (Å²) in [6.45, 7) is 1.62. The number of nitrogens with zero attached hydrogens (tertiary/aromatic N) is 1. The molecule has 1 aromatic heterocycles. The molecule has 0 saturated carbocycles.